The fourth-order valence-corrected chi connectivity index (χ4v) is 7.87. The van der Waals surface area contributed by atoms with Crippen molar-refractivity contribution < 1.29 is 43.5 Å². The first-order valence-corrected chi connectivity index (χ1v) is 26.8. The van der Waals surface area contributed by atoms with Crippen molar-refractivity contribution in [1.82, 2.24) is 37.2 Å². The van der Waals surface area contributed by atoms with E-state index in [0.717, 1.165) is 0 Å². The van der Waals surface area contributed by atoms with Crippen LogP contribution in [0.4, 0.5) is 0 Å². The van der Waals surface area contributed by atoms with E-state index in [1.807, 2.05) is 0 Å². The van der Waals surface area contributed by atoms with E-state index in [1.165, 1.54) is 0 Å². The standard InChI is InChI=1S/C48H98N16O9/c49-25-9-1-17-33(57)41(65)58-34(18-2-10-26-50)42(66)59-35(19-3-11-27-51)43(67)60-36(20-4-12-28-52)44(68)61-37(21-5-13-29-53)45(69)62-38(22-6-14-30-54)46(70)63-39(23-7-15-31-55)47(71)64-40(48(72)73)24-8-16-32-56/h33-40H,1-32,49-57H2,(H,58,65)(H,59,66)(H,60,67)(H,61,68)(H,62,69)(H,63,70)(H,64,71)(H,72,73)/t33-,34+,35-,36+,37-,38+,39-,40+/m1/s1. The number of nitrogens with two attached hydrogens (primary N) is 9. The highest BCUT2D eigenvalue weighted by Crippen LogP contribution is 2.12. The molecule has 0 bridgehead atoms. The van der Waals surface area contributed by atoms with Crippen LogP contribution >= 0.6 is 0 Å². The van der Waals surface area contributed by atoms with Gasteiger partial charge in [0, 0.05) is 0 Å². The Kier molecular flexibility index (Phi) is 41.0. The number of aliphatic carboxylic acids is 1. The summed E-state index contributed by atoms with van der Waals surface area (Å²) in [6.07, 6.45) is 9.39. The third-order valence-electron chi connectivity index (χ3n) is 12.3. The van der Waals surface area contributed by atoms with Crippen molar-refractivity contribution in [2.45, 2.75) is 202 Å². The highest BCUT2D eigenvalue weighted by molar-refractivity contribution is 5.97. The topological polar surface area (TPSA) is 475 Å². The molecule has 0 aromatic rings. The summed E-state index contributed by atoms with van der Waals surface area (Å²) in [6, 6.07) is -9.08. The van der Waals surface area contributed by atoms with Gasteiger partial charge in [-0.2, -0.15) is 0 Å². The van der Waals surface area contributed by atoms with E-state index < -0.39 is 95.7 Å². The van der Waals surface area contributed by atoms with Gasteiger partial charge >= 0.3 is 5.97 Å². The second-order valence-corrected chi connectivity index (χ2v) is 18.6. The lowest BCUT2D eigenvalue weighted by Gasteiger charge is -2.28. The first kappa shape index (κ1) is 68.4. The summed E-state index contributed by atoms with van der Waals surface area (Å²) < 4.78 is 0. The number of carboxylic acids is 1. The lowest BCUT2D eigenvalue weighted by atomic mass is 10.0. The molecule has 8 atom stereocenters. The SMILES string of the molecule is NCCCC[C@@H](N)C(=O)N[C@@H](CCCCN)C(=O)N[C@H](CCCCN)C(=O)N[C@@H](CCCCN)C(=O)N[C@H](CCCCN)C(=O)N[C@@H](CCCCN)C(=O)N[C@H](CCCCN)C(=O)N[C@@H](CCCCN)C(=O)O. The Hall–Kier alpha value is -4.60. The molecule has 0 aliphatic heterocycles. The maximum atomic E-state index is 14.3. The molecular weight excluding hydrogens is 945 g/mol. The summed E-state index contributed by atoms with van der Waals surface area (Å²) in [5, 5.41) is 29.0. The van der Waals surface area contributed by atoms with Gasteiger partial charge in [-0.3, -0.25) is 33.6 Å². The highest BCUT2D eigenvalue weighted by atomic mass is 16.4. The van der Waals surface area contributed by atoms with Gasteiger partial charge in [0.2, 0.25) is 41.4 Å². The van der Waals surface area contributed by atoms with Crippen LogP contribution < -0.4 is 88.8 Å². The summed E-state index contributed by atoms with van der Waals surface area (Å²) in [5.74, 6) is -5.90. The molecule has 0 aromatic carbocycles. The van der Waals surface area contributed by atoms with E-state index in [0.29, 0.717) is 162 Å². The molecule has 73 heavy (non-hydrogen) atoms. The predicted octanol–water partition coefficient (Wildman–Crippen LogP) is -3.18. The molecule has 0 aliphatic rings. The molecule has 0 aromatic heterocycles. The van der Waals surface area contributed by atoms with E-state index in [-0.39, 0.29) is 44.9 Å². The normalized spacial score (nSPS) is 14.5. The van der Waals surface area contributed by atoms with Gasteiger partial charge in [-0.25, -0.2) is 4.79 Å². The van der Waals surface area contributed by atoms with Gasteiger partial charge in [0.05, 0.1) is 6.04 Å². The number of hydrogen-bond acceptors (Lipinski definition) is 17. The quantitative estimate of drug-likeness (QED) is 0.0267. The van der Waals surface area contributed by atoms with Gasteiger partial charge in [0.25, 0.3) is 0 Å². The summed E-state index contributed by atoms with van der Waals surface area (Å²) in [7, 11) is 0. The molecule has 0 saturated heterocycles. The Bertz CT molecular complexity index is 1570. The van der Waals surface area contributed by atoms with Gasteiger partial charge in [0.1, 0.15) is 42.3 Å². The van der Waals surface area contributed by atoms with Crippen LogP contribution in [0, 0.1) is 0 Å². The molecule has 0 aliphatic carbocycles. The Morgan fingerprint density at radius 1 is 0.260 bits per heavy atom. The molecule has 0 rings (SSSR count). The Morgan fingerprint density at radius 3 is 0.616 bits per heavy atom. The molecule has 25 nitrogen and oxygen atoms in total. The molecule has 0 heterocycles. The molecule has 0 spiro atoms. The van der Waals surface area contributed by atoms with Gasteiger partial charge in [-0.15, -0.1) is 0 Å². The number of amides is 7. The van der Waals surface area contributed by atoms with E-state index >= 15 is 0 Å². The molecule has 0 saturated carbocycles. The van der Waals surface area contributed by atoms with E-state index in [9.17, 15) is 43.5 Å². The van der Waals surface area contributed by atoms with Crippen LogP contribution in [0.25, 0.3) is 0 Å². The summed E-state index contributed by atoms with van der Waals surface area (Å²) in [6.45, 7) is 2.71. The average molecular weight is 1040 g/mol. The number of carbonyl (C=O) groups excluding carboxylic acids is 7. The van der Waals surface area contributed by atoms with Crippen molar-refractivity contribution in [3.63, 3.8) is 0 Å². The minimum absolute atomic E-state index is 0.103. The average Bonchev–Trinajstić information content (AvgIpc) is 3.36. The zero-order valence-corrected chi connectivity index (χ0v) is 43.7. The maximum absolute atomic E-state index is 14.3. The van der Waals surface area contributed by atoms with Crippen molar-refractivity contribution in [3.05, 3.63) is 0 Å². The van der Waals surface area contributed by atoms with Crippen LogP contribution in [0.1, 0.15) is 154 Å². The van der Waals surface area contributed by atoms with Crippen molar-refractivity contribution in [3.8, 4) is 0 Å². The minimum atomic E-state index is -1.24. The lowest BCUT2D eigenvalue weighted by Crippen LogP contribution is -2.60. The molecule has 26 N–H and O–H groups in total. The Balaban J connectivity index is 6.74. The van der Waals surface area contributed by atoms with Gasteiger partial charge in [-0.05, 0) is 200 Å². The maximum Gasteiger partial charge on any atom is 0.326 e. The fraction of sp³-hybridized carbons (Fsp3) is 0.833. The molecule has 0 fully saturated rings. The van der Waals surface area contributed by atoms with Crippen molar-refractivity contribution in [2.24, 2.45) is 51.6 Å². The van der Waals surface area contributed by atoms with Gasteiger partial charge < -0.3 is 93.9 Å². The molecular formula is C48H98N16O9. The van der Waals surface area contributed by atoms with Crippen LogP contribution in [0.5, 0.6) is 0 Å². The molecule has 424 valence electrons. The van der Waals surface area contributed by atoms with Crippen LogP contribution in [0.3, 0.4) is 0 Å². The van der Waals surface area contributed by atoms with Crippen LogP contribution in [-0.4, -0.2) is 153 Å². The summed E-state index contributed by atoms with van der Waals surface area (Å²) in [5.41, 5.74) is 51.9. The van der Waals surface area contributed by atoms with Gasteiger partial charge in [0.15, 0.2) is 0 Å². The third-order valence-corrected chi connectivity index (χ3v) is 12.3. The molecule has 7 amide bonds. The van der Waals surface area contributed by atoms with Crippen molar-refractivity contribution in [2.75, 3.05) is 52.4 Å². The molecule has 0 radical (unpaired) electrons. The van der Waals surface area contributed by atoms with E-state index in [2.05, 4.69) is 37.2 Å². The molecule has 25 heteroatoms. The van der Waals surface area contributed by atoms with E-state index in [4.69, 9.17) is 51.6 Å². The lowest BCUT2D eigenvalue weighted by molar-refractivity contribution is -0.142. The van der Waals surface area contributed by atoms with Gasteiger partial charge in [-0.1, -0.05) is 6.42 Å². The second-order valence-electron chi connectivity index (χ2n) is 18.6. The number of rotatable bonds is 47. The van der Waals surface area contributed by atoms with E-state index in [1.54, 1.807) is 0 Å². The minimum Gasteiger partial charge on any atom is -0.480 e. The number of hydrogen-bond donors (Lipinski definition) is 17. The number of unbranched alkanes of at least 4 members (excludes halogenated alkanes) is 8. The molecule has 0 unspecified atom stereocenters. The van der Waals surface area contributed by atoms with Crippen molar-refractivity contribution in [1.29, 1.82) is 0 Å². The van der Waals surface area contributed by atoms with Crippen LogP contribution in [0.2, 0.25) is 0 Å². The largest absolute Gasteiger partial charge is 0.480 e. The predicted molar refractivity (Wildman–Crippen MR) is 282 cm³/mol. The second kappa shape index (κ2) is 43.8. The number of carbonyl (C=O) groups is 8. The van der Waals surface area contributed by atoms with Crippen LogP contribution in [-0.2, 0) is 38.4 Å². The Morgan fingerprint density at radius 2 is 0.425 bits per heavy atom. The number of nitrogens with one attached hydrogen (secondary N) is 7. The zero-order valence-electron chi connectivity index (χ0n) is 43.7. The zero-order chi connectivity index (χ0) is 54.8. The van der Waals surface area contributed by atoms with Crippen LogP contribution in [0.15, 0.2) is 0 Å². The first-order chi connectivity index (χ1) is 35.1. The third kappa shape index (κ3) is 31.7. The fourth-order valence-electron chi connectivity index (χ4n) is 7.87. The first-order valence-electron chi connectivity index (χ1n) is 26.8. The Labute approximate surface area is 433 Å². The monoisotopic (exact) mass is 1040 g/mol. The summed E-state index contributed by atoms with van der Waals surface area (Å²) in [4.78, 5) is 110. The van der Waals surface area contributed by atoms with Crippen molar-refractivity contribution >= 4 is 47.3 Å². The summed E-state index contributed by atoms with van der Waals surface area (Å²) >= 11 is 0. The highest BCUT2D eigenvalue weighted by Gasteiger charge is 2.34. The smallest absolute Gasteiger partial charge is 0.326 e. The number of carboxylic acid groups (broad SMARTS) is 1.